The Hall–Kier alpha value is -2.04. The highest BCUT2D eigenvalue weighted by Crippen LogP contribution is 2.44. The second-order valence-corrected chi connectivity index (χ2v) is 6.14. The van der Waals surface area contributed by atoms with Gasteiger partial charge in [-0.2, -0.15) is 5.26 Å². The van der Waals surface area contributed by atoms with Crippen molar-refractivity contribution < 1.29 is 9.53 Å². The molecular weight excluding hydrogens is 294 g/mol. The van der Waals surface area contributed by atoms with Crippen molar-refractivity contribution in [2.75, 3.05) is 0 Å². The normalized spacial score (nSPS) is 24.8. The van der Waals surface area contributed by atoms with E-state index in [9.17, 15) is 10.1 Å². The van der Waals surface area contributed by atoms with Gasteiger partial charge in [0.15, 0.2) is 0 Å². The maximum atomic E-state index is 12.0. The molecule has 0 spiro atoms. The number of rotatable bonds is 1. The van der Waals surface area contributed by atoms with Gasteiger partial charge in [-0.05, 0) is 6.07 Å². The van der Waals surface area contributed by atoms with E-state index in [1.54, 1.807) is 6.07 Å². The molecule has 3 N–H and O–H groups in total. The molecule has 7 heteroatoms. The lowest BCUT2D eigenvalue weighted by Crippen LogP contribution is -2.32. The number of carbonyl (C=O) groups excluding carboxylic acids is 1. The number of thioether (sulfide) groups is 1. The van der Waals surface area contributed by atoms with Gasteiger partial charge in [-0.3, -0.25) is 4.79 Å². The molecule has 2 aliphatic heterocycles. The number of allylic oxidation sites excluding steroid dienone is 1. The molecule has 0 aromatic heterocycles. The van der Waals surface area contributed by atoms with Crippen LogP contribution in [0.1, 0.15) is 11.5 Å². The largest absolute Gasteiger partial charge is 0.440 e. The van der Waals surface area contributed by atoms with Gasteiger partial charge < -0.3 is 15.8 Å². The molecule has 100 valence electrons. The zero-order valence-electron chi connectivity index (χ0n) is 10.1. The fraction of sp³-hybridized carbons (Fsp3) is 0.154. The highest BCUT2D eigenvalue weighted by atomic mass is 32.2. The lowest BCUT2D eigenvalue weighted by atomic mass is 9.86. The van der Waals surface area contributed by atoms with Crippen molar-refractivity contribution in [1.82, 2.24) is 5.32 Å². The summed E-state index contributed by atoms with van der Waals surface area (Å²) in [6.45, 7) is 0. The predicted octanol–water partition coefficient (Wildman–Crippen LogP) is 1.37. The van der Waals surface area contributed by atoms with E-state index in [2.05, 4.69) is 5.32 Å². The molecule has 2 heterocycles. The van der Waals surface area contributed by atoms with Crippen LogP contribution in [0.3, 0.4) is 0 Å². The van der Waals surface area contributed by atoms with Gasteiger partial charge in [0, 0.05) is 11.5 Å². The van der Waals surface area contributed by atoms with E-state index < -0.39 is 11.2 Å². The molecule has 0 saturated carbocycles. The molecule has 2 aliphatic rings. The van der Waals surface area contributed by atoms with Crippen molar-refractivity contribution in [1.29, 1.82) is 5.26 Å². The molecule has 5 nitrogen and oxygen atoms in total. The van der Waals surface area contributed by atoms with Crippen LogP contribution in [-0.2, 0) is 4.79 Å². The third-order valence-electron chi connectivity index (χ3n) is 3.19. The van der Waals surface area contributed by atoms with Crippen LogP contribution in [0.2, 0.25) is 0 Å². The zero-order valence-corrected chi connectivity index (χ0v) is 11.8. The number of nitrogens with one attached hydrogen (secondary N) is 1. The van der Waals surface area contributed by atoms with Gasteiger partial charge in [-0.25, -0.2) is 0 Å². The number of nitrogens with zero attached hydrogens (tertiary/aromatic N) is 1. The fourth-order valence-electron chi connectivity index (χ4n) is 2.34. The average molecular weight is 303 g/mol. The lowest BCUT2D eigenvalue weighted by Gasteiger charge is -2.28. The van der Waals surface area contributed by atoms with Gasteiger partial charge in [0.1, 0.15) is 21.4 Å². The third-order valence-corrected chi connectivity index (χ3v) is 4.64. The fourth-order valence-corrected chi connectivity index (χ4v) is 3.73. The molecule has 0 aliphatic carbocycles. The highest BCUT2D eigenvalue weighted by molar-refractivity contribution is 8.24. The number of benzene rings is 1. The van der Waals surface area contributed by atoms with Gasteiger partial charge in [0.05, 0.1) is 5.57 Å². The second kappa shape index (κ2) is 4.81. The average Bonchev–Trinajstić information content (AvgIpc) is 2.75. The van der Waals surface area contributed by atoms with Gasteiger partial charge in [-0.1, -0.05) is 42.2 Å². The third kappa shape index (κ3) is 1.94. The topological polar surface area (TPSA) is 88.1 Å². The number of thiocarbonyl (C=S) groups is 1. The van der Waals surface area contributed by atoms with E-state index in [0.29, 0.717) is 10.1 Å². The molecular formula is C13H9N3O2S2. The highest BCUT2D eigenvalue weighted by Gasteiger charge is 2.43. The molecule has 20 heavy (non-hydrogen) atoms. The Morgan fingerprint density at radius 3 is 2.85 bits per heavy atom. The van der Waals surface area contributed by atoms with Crippen molar-refractivity contribution in [3.05, 3.63) is 41.3 Å². The Labute approximate surface area is 124 Å². The summed E-state index contributed by atoms with van der Waals surface area (Å²) in [5.74, 6) is -0.0414. The second-order valence-electron chi connectivity index (χ2n) is 4.32. The van der Waals surface area contributed by atoms with Crippen LogP contribution < -0.4 is 15.8 Å². The summed E-state index contributed by atoms with van der Waals surface area (Å²) >= 11 is 6.25. The van der Waals surface area contributed by atoms with Crippen LogP contribution in [0.25, 0.3) is 0 Å². The van der Waals surface area contributed by atoms with E-state index >= 15 is 0 Å². The number of para-hydroxylation sites is 1. The van der Waals surface area contributed by atoms with Crippen molar-refractivity contribution in [2.24, 2.45) is 5.73 Å². The van der Waals surface area contributed by atoms with E-state index in [1.165, 1.54) is 11.8 Å². The van der Waals surface area contributed by atoms with Crippen LogP contribution in [-0.4, -0.2) is 15.5 Å². The molecule has 1 saturated heterocycles. The summed E-state index contributed by atoms with van der Waals surface area (Å²) < 4.78 is 5.86. The van der Waals surface area contributed by atoms with Gasteiger partial charge in [0.25, 0.3) is 0 Å². The summed E-state index contributed by atoms with van der Waals surface area (Å²) in [4.78, 5) is 12.0. The van der Waals surface area contributed by atoms with E-state index in [4.69, 9.17) is 22.7 Å². The van der Waals surface area contributed by atoms with Gasteiger partial charge in [0.2, 0.25) is 11.8 Å². The summed E-state index contributed by atoms with van der Waals surface area (Å²) in [5, 5.41) is 11.4. The smallest absolute Gasteiger partial charge is 0.239 e. The summed E-state index contributed by atoms with van der Waals surface area (Å²) in [6.07, 6.45) is 0. The quantitative estimate of drug-likeness (QED) is 0.762. The number of carbonyl (C=O) groups is 1. The molecule has 0 bridgehead atoms. The van der Waals surface area contributed by atoms with E-state index in [0.717, 1.165) is 5.56 Å². The number of hydrogen-bond acceptors (Lipinski definition) is 6. The first-order valence-corrected chi connectivity index (χ1v) is 7.08. The Balaban J connectivity index is 2.14. The molecule has 1 aromatic rings. The van der Waals surface area contributed by atoms with Crippen LogP contribution in [0.5, 0.6) is 5.75 Å². The summed E-state index contributed by atoms with van der Waals surface area (Å²) in [5.41, 5.74) is 6.84. The van der Waals surface area contributed by atoms with Gasteiger partial charge >= 0.3 is 0 Å². The molecule has 3 rings (SSSR count). The number of nitrogens with two attached hydrogens (primary N) is 1. The molecule has 0 unspecified atom stereocenters. The van der Waals surface area contributed by atoms with Crippen LogP contribution in [0.4, 0.5) is 0 Å². The maximum absolute atomic E-state index is 12.0. The van der Waals surface area contributed by atoms with Crippen molar-refractivity contribution in [2.45, 2.75) is 11.2 Å². The lowest BCUT2D eigenvalue weighted by molar-refractivity contribution is -0.119. The predicted molar refractivity (Wildman–Crippen MR) is 78.8 cm³/mol. The van der Waals surface area contributed by atoms with Gasteiger partial charge in [-0.15, -0.1) is 0 Å². The number of ether oxygens (including phenoxy) is 1. The van der Waals surface area contributed by atoms with Crippen LogP contribution >= 0.6 is 24.0 Å². The van der Waals surface area contributed by atoms with Crippen molar-refractivity contribution >= 4 is 34.2 Å². The molecule has 0 radical (unpaired) electrons. The van der Waals surface area contributed by atoms with Crippen LogP contribution in [0.15, 0.2) is 35.7 Å². The standard InChI is InChI=1S/C13H9N3O2S2/c14-5-7-9(10-12(17)16-13(19)20-10)6-3-1-2-4-8(6)18-11(7)15/h1-4,9-10H,15H2,(H,16,17,19)/t9-,10+/m1/s1. The number of fused-ring (bicyclic) bond motifs is 1. The minimum Gasteiger partial charge on any atom is -0.440 e. The molecule has 1 aromatic carbocycles. The van der Waals surface area contributed by atoms with E-state index in [-0.39, 0.29) is 17.4 Å². The zero-order chi connectivity index (χ0) is 14.3. The van der Waals surface area contributed by atoms with Crippen molar-refractivity contribution in [3.63, 3.8) is 0 Å². The Morgan fingerprint density at radius 1 is 1.45 bits per heavy atom. The first-order chi connectivity index (χ1) is 9.61. The number of hydrogen-bond donors (Lipinski definition) is 2. The molecule has 2 atom stereocenters. The Morgan fingerprint density at radius 2 is 2.20 bits per heavy atom. The molecule has 1 amide bonds. The molecule has 1 fully saturated rings. The SMILES string of the molecule is N#CC1=C(N)Oc2ccccc2[C@H]1[C@@H]1SC(=S)NC1=O. The number of nitriles is 1. The maximum Gasteiger partial charge on any atom is 0.239 e. The Bertz CT molecular complexity index is 693. The minimum atomic E-state index is -0.499. The van der Waals surface area contributed by atoms with Crippen molar-refractivity contribution in [3.8, 4) is 11.8 Å². The summed E-state index contributed by atoms with van der Waals surface area (Å²) in [6, 6.07) is 9.29. The monoisotopic (exact) mass is 303 g/mol. The summed E-state index contributed by atoms with van der Waals surface area (Å²) in [7, 11) is 0. The van der Waals surface area contributed by atoms with Crippen LogP contribution in [0, 0.1) is 11.3 Å². The first kappa shape index (κ1) is 13.0. The number of amides is 1. The minimum absolute atomic E-state index is 0.0439. The Kier molecular flexibility index (Phi) is 3.12. The van der Waals surface area contributed by atoms with E-state index in [1.807, 2.05) is 24.3 Å². The first-order valence-electron chi connectivity index (χ1n) is 5.80.